The second-order valence-corrected chi connectivity index (χ2v) is 5.30. The van der Waals surface area contributed by atoms with Crippen LogP contribution in [0.1, 0.15) is 39.5 Å². The van der Waals surface area contributed by atoms with E-state index in [4.69, 9.17) is 14.6 Å². The molecule has 1 aromatic rings. The summed E-state index contributed by atoms with van der Waals surface area (Å²) < 4.78 is 11.0. The van der Waals surface area contributed by atoms with Crippen LogP contribution < -0.4 is 14.8 Å². The fraction of sp³-hybridized carbons (Fsp3) is 0.529. The van der Waals surface area contributed by atoms with Gasteiger partial charge in [-0.1, -0.05) is 32.3 Å². The summed E-state index contributed by atoms with van der Waals surface area (Å²) in [5.41, 5.74) is 0. The van der Waals surface area contributed by atoms with Crippen LogP contribution in [0.15, 0.2) is 24.3 Å². The lowest BCUT2D eigenvalue weighted by Gasteiger charge is -2.11. The first kappa shape index (κ1) is 18.8. The second-order valence-electron chi connectivity index (χ2n) is 5.30. The molecule has 0 aromatic heterocycles. The topological polar surface area (TPSA) is 84.9 Å². The van der Waals surface area contributed by atoms with Gasteiger partial charge in [-0.05, 0) is 25.5 Å². The van der Waals surface area contributed by atoms with Gasteiger partial charge in [-0.3, -0.25) is 9.59 Å². The number of hydrogen-bond donors (Lipinski definition) is 2. The van der Waals surface area contributed by atoms with Crippen molar-refractivity contribution < 1.29 is 24.2 Å². The summed E-state index contributed by atoms with van der Waals surface area (Å²) in [4.78, 5) is 22.2. The number of benzene rings is 1. The number of carbonyl (C=O) groups excluding carboxylic acids is 1. The van der Waals surface area contributed by atoms with Crippen molar-refractivity contribution in [2.24, 2.45) is 0 Å². The molecular formula is C17H25NO5. The molecule has 0 fully saturated rings. The van der Waals surface area contributed by atoms with Gasteiger partial charge in [0.2, 0.25) is 0 Å². The predicted octanol–water partition coefficient (Wildman–Crippen LogP) is 2.61. The summed E-state index contributed by atoms with van der Waals surface area (Å²) in [6.07, 6.45) is 4.55. The summed E-state index contributed by atoms with van der Waals surface area (Å²) in [6, 6.07) is 6.11. The molecule has 128 valence electrons. The molecule has 0 aliphatic rings. The predicted molar refractivity (Wildman–Crippen MR) is 86.8 cm³/mol. The molecule has 0 bridgehead atoms. The van der Waals surface area contributed by atoms with Crippen LogP contribution in [0.25, 0.3) is 0 Å². The van der Waals surface area contributed by atoms with Gasteiger partial charge in [-0.25, -0.2) is 0 Å². The van der Waals surface area contributed by atoms with Gasteiger partial charge in [-0.15, -0.1) is 0 Å². The van der Waals surface area contributed by atoms with Crippen LogP contribution in [0.2, 0.25) is 0 Å². The summed E-state index contributed by atoms with van der Waals surface area (Å²) >= 11 is 0. The molecule has 1 amide bonds. The first-order valence-electron chi connectivity index (χ1n) is 7.90. The van der Waals surface area contributed by atoms with Crippen LogP contribution in [0, 0.1) is 0 Å². The monoisotopic (exact) mass is 323 g/mol. The Bertz CT molecular complexity index is 504. The van der Waals surface area contributed by atoms with Gasteiger partial charge in [0, 0.05) is 6.07 Å². The molecule has 2 N–H and O–H groups in total. The number of hydrogen-bond acceptors (Lipinski definition) is 4. The van der Waals surface area contributed by atoms with E-state index in [-0.39, 0.29) is 6.61 Å². The van der Waals surface area contributed by atoms with E-state index in [0.29, 0.717) is 18.1 Å². The molecule has 6 heteroatoms. The van der Waals surface area contributed by atoms with Gasteiger partial charge in [-0.2, -0.15) is 0 Å². The first-order valence-corrected chi connectivity index (χ1v) is 7.90. The Kier molecular flexibility index (Phi) is 8.57. The van der Waals surface area contributed by atoms with E-state index in [1.54, 1.807) is 18.2 Å². The summed E-state index contributed by atoms with van der Waals surface area (Å²) in [5.74, 6) is -0.366. The number of nitrogens with one attached hydrogen (secondary N) is 1. The maximum absolute atomic E-state index is 11.6. The molecule has 1 unspecified atom stereocenters. The number of unbranched alkanes of at least 4 members (excludes halogenated alkanes) is 3. The van der Waals surface area contributed by atoms with Gasteiger partial charge < -0.3 is 19.9 Å². The molecule has 0 spiro atoms. The van der Waals surface area contributed by atoms with Crippen molar-refractivity contribution in [1.29, 1.82) is 0 Å². The number of carbonyl (C=O) groups is 2. The maximum Gasteiger partial charge on any atom is 0.325 e. The van der Waals surface area contributed by atoms with E-state index < -0.39 is 17.9 Å². The van der Waals surface area contributed by atoms with Gasteiger partial charge in [0.15, 0.2) is 6.61 Å². The Labute approximate surface area is 136 Å². The number of aliphatic carboxylic acids is 1. The lowest BCUT2D eigenvalue weighted by atomic mass is 10.2. The first-order chi connectivity index (χ1) is 11.0. The molecule has 1 rings (SSSR count). The minimum Gasteiger partial charge on any atom is -0.493 e. The summed E-state index contributed by atoms with van der Waals surface area (Å²) in [5, 5.41) is 11.0. The Balaban J connectivity index is 2.35. The van der Waals surface area contributed by atoms with Crippen molar-refractivity contribution in [3.63, 3.8) is 0 Å². The van der Waals surface area contributed by atoms with Gasteiger partial charge in [0.05, 0.1) is 6.61 Å². The van der Waals surface area contributed by atoms with Gasteiger partial charge >= 0.3 is 5.97 Å². The third-order valence-corrected chi connectivity index (χ3v) is 3.19. The zero-order valence-electron chi connectivity index (χ0n) is 13.7. The zero-order chi connectivity index (χ0) is 17.1. The number of carboxylic acid groups (broad SMARTS) is 1. The minimum absolute atomic E-state index is 0.239. The molecule has 0 aliphatic heterocycles. The molecule has 0 heterocycles. The molecule has 23 heavy (non-hydrogen) atoms. The lowest BCUT2D eigenvalue weighted by molar-refractivity contribution is -0.141. The molecule has 0 saturated carbocycles. The highest BCUT2D eigenvalue weighted by Crippen LogP contribution is 2.19. The van der Waals surface area contributed by atoms with Crippen molar-refractivity contribution in [1.82, 2.24) is 5.32 Å². The third kappa shape index (κ3) is 8.09. The minimum atomic E-state index is -1.09. The molecule has 6 nitrogen and oxygen atoms in total. The van der Waals surface area contributed by atoms with Gasteiger partial charge in [0.1, 0.15) is 17.5 Å². The van der Waals surface area contributed by atoms with E-state index >= 15 is 0 Å². The second kappa shape index (κ2) is 10.5. The van der Waals surface area contributed by atoms with Crippen LogP contribution in [0.3, 0.4) is 0 Å². The number of rotatable bonds is 11. The Hall–Kier alpha value is -2.24. The van der Waals surface area contributed by atoms with Crippen molar-refractivity contribution in [2.75, 3.05) is 13.2 Å². The maximum atomic E-state index is 11.6. The zero-order valence-corrected chi connectivity index (χ0v) is 13.7. The van der Waals surface area contributed by atoms with Gasteiger partial charge in [0.25, 0.3) is 5.91 Å². The van der Waals surface area contributed by atoms with E-state index in [2.05, 4.69) is 12.2 Å². The average Bonchev–Trinajstić information content (AvgIpc) is 2.53. The smallest absolute Gasteiger partial charge is 0.325 e. The van der Waals surface area contributed by atoms with Crippen LogP contribution in [-0.4, -0.2) is 36.2 Å². The van der Waals surface area contributed by atoms with Crippen molar-refractivity contribution in [3.8, 4) is 11.5 Å². The standard InChI is InChI=1S/C17H25NO5/c1-3-4-5-6-10-22-14-8-7-9-15(11-14)23-12-16(19)18-13(2)17(20)21/h7-9,11,13H,3-6,10,12H2,1-2H3,(H,18,19)(H,20,21). The van der Waals surface area contributed by atoms with Crippen LogP contribution in [0.4, 0.5) is 0 Å². The molecular weight excluding hydrogens is 298 g/mol. The highest BCUT2D eigenvalue weighted by Gasteiger charge is 2.14. The third-order valence-electron chi connectivity index (χ3n) is 3.19. The number of carboxylic acids is 1. The SMILES string of the molecule is CCCCCCOc1cccc(OCC(=O)NC(C)C(=O)O)c1. The summed E-state index contributed by atoms with van der Waals surface area (Å²) in [7, 11) is 0. The van der Waals surface area contributed by atoms with E-state index in [1.807, 2.05) is 6.07 Å². The number of amides is 1. The lowest BCUT2D eigenvalue weighted by Crippen LogP contribution is -2.40. The normalized spacial score (nSPS) is 11.6. The quantitative estimate of drug-likeness (QED) is 0.612. The highest BCUT2D eigenvalue weighted by molar-refractivity contribution is 5.84. The molecule has 0 aliphatic carbocycles. The Morgan fingerprint density at radius 3 is 2.52 bits per heavy atom. The molecule has 1 aromatic carbocycles. The van der Waals surface area contributed by atoms with Crippen molar-refractivity contribution in [3.05, 3.63) is 24.3 Å². The fourth-order valence-electron chi connectivity index (χ4n) is 1.87. The highest BCUT2D eigenvalue weighted by atomic mass is 16.5. The fourth-order valence-corrected chi connectivity index (χ4v) is 1.87. The van der Waals surface area contributed by atoms with E-state index in [0.717, 1.165) is 12.8 Å². The van der Waals surface area contributed by atoms with Crippen molar-refractivity contribution in [2.45, 2.75) is 45.6 Å². The molecule has 1 atom stereocenters. The van der Waals surface area contributed by atoms with E-state index in [9.17, 15) is 9.59 Å². The summed E-state index contributed by atoms with van der Waals surface area (Å²) in [6.45, 7) is 3.97. The Morgan fingerprint density at radius 1 is 1.17 bits per heavy atom. The van der Waals surface area contributed by atoms with Crippen molar-refractivity contribution >= 4 is 11.9 Å². The Morgan fingerprint density at radius 2 is 1.87 bits per heavy atom. The number of ether oxygens (including phenoxy) is 2. The molecule has 0 saturated heterocycles. The van der Waals surface area contributed by atoms with Crippen LogP contribution in [0.5, 0.6) is 11.5 Å². The van der Waals surface area contributed by atoms with Crippen LogP contribution >= 0.6 is 0 Å². The van der Waals surface area contributed by atoms with Crippen LogP contribution in [-0.2, 0) is 9.59 Å². The van der Waals surface area contributed by atoms with E-state index in [1.165, 1.54) is 19.8 Å². The average molecular weight is 323 g/mol. The molecule has 0 radical (unpaired) electrons. The largest absolute Gasteiger partial charge is 0.493 e.